The van der Waals surface area contributed by atoms with Crippen molar-refractivity contribution in [2.45, 2.75) is 19.1 Å². The second kappa shape index (κ2) is 9.33. The first kappa shape index (κ1) is 23.5. The molecule has 0 amide bonds. The summed E-state index contributed by atoms with van der Waals surface area (Å²) in [5.74, 6) is -1.05. The van der Waals surface area contributed by atoms with Gasteiger partial charge in [0.25, 0.3) is 5.69 Å². The first-order chi connectivity index (χ1) is 14.0. The van der Waals surface area contributed by atoms with Crippen molar-refractivity contribution < 1.29 is 41.2 Å². The van der Waals surface area contributed by atoms with E-state index >= 15 is 0 Å². The van der Waals surface area contributed by atoms with Gasteiger partial charge in [0.15, 0.2) is 0 Å². The van der Waals surface area contributed by atoms with Gasteiger partial charge in [-0.2, -0.15) is 0 Å². The van der Waals surface area contributed by atoms with E-state index in [0.717, 1.165) is 18.2 Å². The number of alkyl halides is 3. The Bertz CT molecular complexity index is 930. The van der Waals surface area contributed by atoms with Crippen molar-refractivity contribution in [3.63, 3.8) is 0 Å². The van der Waals surface area contributed by atoms with E-state index in [2.05, 4.69) is 10.1 Å². The Morgan fingerprint density at radius 3 is 2.07 bits per heavy atom. The molecule has 1 atom stereocenters. The van der Waals surface area contributed by atoms with E-state index in [1.807, 2.05) is 0 Å². The van der Waals surface area contributed by atoms with Gasteiger partial charge >= 0.3 is 14.0 Å². The average molecular weight is 450 g/mol. The number of anilines is 1. The van der Waals surface area contributed by atoms with Crippen LogP contribution in [-0.2, 0) is 13.6 Å². The van der Waals surface area contributed by atoms with Crippen molar-refractivity contribution in [2.75, 3.05) is 19.5 Å². The number of hydrogen-bond acceptors (Lipinski definition) is 8. The molecule has 164 valence electrons. The van der Waals surface area contributed by atoms with Gasteiger partial charge in [0.2, 0.25) is 0 Å². The fourth-order valence-electron chi connectivity index (χ4n) is 2.39. The zero-order valence-corrected chi connectivity index (χ0v) is 16.9. The first-order valence-corrected chi connectivity index (χ1v) is 9.88. The van der Waals surface area contributed by atoms with Gasteiger partial charge in [0.1, 0.15) is 28.7 Å². The van der Waals surface area contributed by atoms with E-state index in [9.17, 15) is 27.9 Å². The highest BCUT2D eigenvalue weighted by Gasteiger charge is 2.32. The molecule has 0 aliphatic carbocycles. The molecule has 0 saturated carbocycles. The second-order valence-corrected chi connectivity index (χ2v) is 8.37. The maximum atomic E-state index is 12.4. The summed E-state index contributed by atoms with van der Waals surface area (Å²) in [7, 11) is -1.21. The van der Waals surface area contributed by atoms with Crippen LogP contribution < -0.4 is 14.8 Å². The molecule has 0 bridgehead atoms. The van der Waals surface area contributed by atoms with Gasteiger partial charge < -0.3 is 23.8 Å². The molecule has 2 aromatic carbocycles. The highest BCUT2D eigenvalue weighted by atomic mass is 31.2. The van der Waals surface area contributed by atoms with Crippen LogP contribution in [-0.4, -0.2) is 31.3 Å². The lowest BCUT2D eigenvalue weighted by Gasteiger charge is -2.22. The van der Waals surface area contributed by atoms with Crippen LogP contribution in [0.5, 0.6) is 17.2 Å². The zero-order valence-electron chi connectivity index (χ0n) is 16.0. The van der Waals surface area contributed by atoms with E-state index in [1.165, 1.54) is 45.4 Å². The summed E-state index contributed by atoms with van der Waals surface area (Å²) in [4.78, 5) is 10.7. The van der Waals surface area contributed by atoms with Crippen LogP contribution in [0.4, 0.5) is 24.5 Å². The summed E-state index contributed by atoms with van der Waals surface area (Å²) in [6.07, 6.45) is -4.82. The summed E-state index contributed by atoms with van der Waals surface area (Å²) in [5, 5.41) is 14.0. The Balaban J connectivity index is 2.25. The molecule has 0 aliphatic heterocycles. The predicted octanol–water partition coefficient (Wildman–Crippen LogP) is 5.53. The summed E-state index contributed by atoms with van der Waals surface area (Å²) >= 11 is 0. The van der Waals surface area contributed by atoms with Crippen LogP contribution in [0.25, 0.3) is 0 Å². The van der Waals surface area contributed by atoms with Gasteiger partial charge in [-0.3, -0.25) is 14.7 Å². The highest BCUT2D eigenvalue weighted by molar-refractivity contribution is 7.54. The Hall–Kier alpha value is -2.82. The number of nitro groups is 1. The highest BCUT2D eigenvalue weighted by Crippen LogP contribution is 2.52. The van der Waals surface area contributed by atoms with E-state index < -0.39 is 30.4 Å². The number of nitrogens with zero attached hydrogens (tertiary/aromatic N) is 1. The third-order valence-electron chi connectivity index (χ3n) is 3.81. The number of nitro benzene ring substituents is 1. The zero-order chi connectivity index (χ0) is 22.5. The molecule has 0 aliphatic rings. The number of halogens is 3. The Kier molecular flexibility index (Phi) is 7.30. The number of hydrogen-bond donors (Lipinski definition) is 1. The van der Waals surface area contributed by atoms with Crippen LogP contribution in [0, 0.1) is 10.1 Å². The van der Waals surface area contributed by atoms with E-state index in [1.54, 1.807) is 0 Å². The second-order valence-electron chi connectivity index (χ2n) is 5.78. The predicted molar refractivity (Wildman–Crippen MR) is 101 cm³/mol. The molecule has 0 heterocycles. The summed E-state index contributed by atoms with van der Waals surface area (Å²) in [6.45, 7) is 1.46. The molecule has 0 fully saturated rings. The van der Waals surface area contributed by atoms with Crippen molar-refractivity contribution in [2.24, 2.45) is 0 Å². The maximum absolute atomic E-state index is 12.4. The molecule has 0 aromatic heterocycles. The molecule has 0 radical (unpaired) electrons. The van der Waals surface area contributed by atoms with Gasteiger partial charge in [-0.05, 0) is 37.3 Å². The van der Waals surface area contributed by atoms with Gasteiger partial charge in [-0.15, -0.1) is 13.2 Å². The maximum Gasteiger partial charge on any atom is 0.573 e. The molecule has 0 spiro atoms. The van der Waals surface area contributed by atoms with E-state index in [-0.39, 0.29) is 22.9 Å². The molecule has 30 heavy (non-hydrogen) atoms. The fraction of sp³-hybridized carbons (Fsp3) is 0.294. The molecule has 9 nitrogen and oxygen atoms in total. The third kappa shape index (κ3) is 6.09. The number of rotatable bonds is 9. The minimum atomic E-state index is -4.82. The van der Waals surface area contributed by atoms with Crippen LogP contribution >= 0.6 is 7.60 Å². The van der Waals surface area contributed by atoms with Gasteiger partial charge in [-0.25, -0.2) is 0 Å². The fourth-order valence-corrected chi connectivity index (χ4v) is 3.47. The van der Waals surface area contributed by atoms with Crippen LogP contribution in [0.15, 0.2) is 42.5 Å². The van der Waals surface area contributed by atoms with Crippen molar-refractivity contribution in [1.29, 1.82) is 0 Å². The molecule has 1 N–H and O–H groups in total. The third-order valence-corrected chi connectivity index (χ3v) is 5.90. The van der Waals surface area contributed by atoms with Gasteiger partial charge in [0, 0.05) is 26.4 Å². The Labute approximate surface area is 169 Å². The Morgan fingerprint density at radius 1 is 1.03 bits per heavy atom. The van der Waals surface area contributed by atoms with E-state index in [0.29, 0.717) is 0 Å². The number of ether oxygens (including phenoxy) is 2. The largest absolute Gasteiger partial charge is 0.573 e. The van der Waals surface area contributed by atoms with Crippen molar-refractivity contribution >= 4 is 19.0 Å². The molecular weight excluding hydrogens is 432 g/mol. The van der Waals surface area contributed by atoms with Gasteiger partial charge in [0.05, 0.1) is 4.92 Å². The molecule has 1 unspecified atom stereocenters. The van der Waals surface area contributed by atoms with E-state index in [4.69, 9.17) is 13.8 Å². The minimum Gasteiger partial charge on any atom is -0.457 e. The molecule has 2 aromatic rings. The lowest BCUT2D eigenvalue weighted by molar-refractivity contribution is -0.384. The first-order valence-electron chi connectivity index (χ1n) is 8.27. The molecule has 2 rings (SSSR count). The quantitative estimate of drug-likeness (QED) is 0.302. The SMILES string of the molecule is COP(=O)(OC)C(C)Nc1cc(Oc2ccc(OC(F)(F)F)cc2)ccc1[N+](=O)[O-]. The molecular formula is C17H18F3N2O7P. The van der Waals surface area contributed by atoms with Crippen LogP contribution in [0.3, 0.4) is 0 Å². The molecule has 13 heteroatoms. The lowest BCUT2D eigenvalue weighted by atomic mass is 10.2. The number of benzene rings is 2. The smallest absolute Gasteiger partial charge is 0.457 e. The Morgan fingerprint density at radius 2 is 1.57 bits per heavy atom. The summed E-state index contributed by atoms with van der Waals surface area (Å²) in [5.41, 5.74) is -0.335. The van der Waals surface area contributed by atoms with Crippen molar-refractivity contribution in [3.8, 4) is 17.2 Å². The molecule has 0 saturated heterocycles. The van der Waals surface area contributed by atoms with Crippen molar-refractivity contribution in [1.82, 2.24) is 0 Å². The monoisotopic (exact) mass is 450 g/mol. The van der Waals surface area contributed by atoms with Crippen LogP contribution in [0.1, 0.15) is 6.92 Å². The van der Waals surface area contributed by atoms with Gasteiger partial charge in [-0.1, -0.05) is 0 Å². The standard InChI is InChI=1S/C17H18F3N2O7P/c1-11(30(25,26-2)27-3)21-15-10-14(8-9-16(15)22(23)24)28-12-4-6-13(7-5-12)29-17(18,19)20/h4-11,21H,1-3H3. The lowest BCUT2D eigenvalue weighted by Crippen LogP contribution is -2.18. The summed E-state index contributed by atoms with van der Waals surface area (Å²) in [6, 6.07) is 8.34. The van der Waals surface area contributed by atoms with Crippen LogP contribution in [0.2, 0.25) is 0 Å². The average Bonchev–Trinajstić information content (AvgIpc) is 2.67. The van der Waals surface area contributed by atoms with Crippen molar-refractivity contribution in [3.05, 3.63) is 52.6 Å². The number of nitrogens with one attached hydrogen (secondary N) is 1. The minimum absolute atomic E-state index is 0.0173. The normalized spacial score (nSPS) is 12.9. The topological polar surface area (TPSA) is 109 Å². The summed E-state index contributed by atoms with van der Waals surface area (Å²) < 4.78 is 68.2.